The van der Waals surface area contributed by atoms with E-state index in [1.807, 2.05) is 0 Å². The number of aliphatic hydroxyl groups is 4. The Balaban J connectivity index is 1.16. The summed E-state index contributed by atoms with van der Waals surface area (Å²) in [5.41, 5.74) is 11.6. The molecule has 5 rings (SSSR count). The lowest BCUT2D eigenvalue weighted by atomic mass is 10.0. The van der Waals surface area contributed by atoms with E-state index < -0.39 is 83.7 Å². The van der Waals surface area contributed by atoms with Crippen LogP contribution >= 0.6 is 15.6 Å². The summed E-state index contributed by atoms with van der Waals surface area (Å²) in [4.78, 5) is 48.2. The Morgan fingerprint density at radius 2 is 1.70 bits per heavy atom. The fourth-order valence-electron chi connectivity index (χ4n) is 4.62. The van der Waals surface area contributed by atoms with Crippen molar-refractivity contribution in [3.05, 3.63) is 42.2 Å². The molecular weight excluding hydrogens is 636 g/mol. The van der Waals surface area contributed by atoms with Gasteiger partial charge in [-0.05, 0) is 6.07 Å². The van der Waals surface area contributed by atoms with Crippen molar-refractivity contribution in [2.24, 2.45) is 5.73 Å². The Morgan fingerprint density at radius 1 is 1.02 bits per heavy atom. The lowest BCUT2D eigenvalue weighted by Gasteiger charge is -2.26. The molecule has 1 amide bonds. The minimum absolute atomic E-state index is 0.0409. The van der Waals surface area contributed by atoms with Crippen molar-refractivity contribution in [3.8, 4) is 0 Å². The number of nitrogen functional groups attached to an aromatic ring is 1. The average molecular weight is 663 g/mol. The van der Waals surface area contributed by atoms with Crippen LogP contribution in [0.1, 0.15) is 28.3 Å². The number of aliphatic hydroxyl groups excluding tert-OH is 4. The predicted molar refractivity (Wildman–Crippen MR) is 137 cm³/mol. The van der Waals surface area contributed by atoms with Crippen LogP contribution in [0.2, 0.25) is 0 Å². The maximum absolute atomic E-state index is 12.4. The number of nitrogens with one attached hydrogen (secondary N) is 1. The van der Waals surface area contributed by atoms with Gasteiger partial charge < -0.3 is 55.7 Å². The Morgan fingerprint density at radius 3 is 2.43 bits per heavy atom. The molecule has 21 nitrogen and oxygen atoms in total. The SMILES string of the molecule is NC(=O)c1c[nH+]cc(C2OC(COP(=O)([O-])OP(=O)(O)OCC3OC(n4cnc5c(N)ncnc54)C(O)C3O)C(O)C2O)c1. The van der Waals surface area contributed by atoms with Crippen LogP contribution in [-0.2, 0) is 32.0 Å². The molecule has 3 aromatic rings. The number of phosphoric acid groups is 2. The number of nitrogens with two attached hydrogens (primary N) is 2. The topological polar surface area (TPSA) is 331 Å². The second kappa shape index (κ2) is 12.4. The van der Waals surface area contributed by atoms with Crippen LogP contribution in [0.4, 0.5) is 5.82 Å². The molecule has 0 spiro atoms. The molecule has 10 unspecified atom stereocenters. The van der Waals surface area contributed by atoms with E-state index in [0.29, 0.717) is 0 Å². The number of amides is 1. The molecule has 10 N–H and O–H groups in total. The van der Waals surface area contributed by atoms with E-state index in [9.17, 15) is 44.1 Å². The number of aromatic amines is 1. The highest BCUT2D eigenvalue weighted by molar-refractivity contribution is 7.60. The number of anilines is 1. The van der Waals surface area contributed by atoms with Crippen LogP contribution < -0.4 is 21.3 Å². The maximum Gasteiger partial charge on any atom is 0.478 e. The number of primary amides is 1. The van der Waals surface area contributed by atoms with Crippen molar-refractivity contribution in [3.63, 3.8) is 0 Å². The quantitative estimate of drug-likeness (QED) is 0.0975. The number of hydrogen-bond acceptors (Lipinski definition) is 17. The molecule has 3 aromatic heterocycles. The van der Waals surface area contributed by atoms with Crippen molar-refractivity contribution >= 4 is 38.5 Å². The number of pyridine rings is 1. The van der Waals surface area contributed by atoms with Crippen LogP contribution in [0.5, 0.6) is 0 Å². The van der Waals surface area contributed by atoms with E-state index in [1.54, 1.807) is 0 Å². The molecule has 240 valence electrons. The lowest BCUT2D eigenvalue weighted by molar-refractivity contribution is -0.379. The van der Waals surface area contributed by atoms with E-state index >= 15 is 0 Å². The normalized spacial score (nSPS) is 31.6. The van der Waals surface area contributed by atoms with E-state index in [4.69, 9.17) is 20.9 Å². The van der Waals surface area contributed by atoms with E-state index in [1.165, 1.54) is 29.4 Å². The number of carbonyl (C=O) groups is 1. The average Bonchev–Trinajstić information content (AvgIpc) is 3.61. The van der Waals surface area contributed by atoms with Gasteiger partial charge in [0.15, 0.2) is 30.1 Å². The number of hydrogen-bond donors (Lipinski definition) is 7. The first-order valence-corrected chi connectivity index (χ1v) is 15.5. The number of aromatic nitrogens is 5. The third-order valence-electron chi connectivity index (χ3n) is 6.79. The Kier molecular flexibility index (Phi) is 9.13. The number of H-pyrrole nitrogens is 1. The summed E-state index contributed by atoms with van der Waals surface area (Å²) < 4.78 is 50.3. The molecule has 2 aliphatic heterocycles. The van der Waals surface area contributed by atoms with Crippen molar-refractivity contribution in [2.45, 2.75) is 49.0 Å². The molecule has 0 radical (unpaired) electrons. The van der Waals surface area contributed by atoms with Crippen LogP contribution in [0, 0.1) is 0 Å². The maximum atomic E-state index is 12.4. The van der Waals surface area contributed by atoms with Gasteiger partial charge in [-0.1, -0.05) is 0 Å². The highest BCUT2D eigenvalue weighted by Gasteiger charge is 2.47. The molecule has 0 aliphatic carbocycles. The van der Waals surface area contributed by atoms with Crippen LogP contribution in [0.3, 0.4) is 0 Å². The predicted octanol–water partition coefficient (Wildman–Crippen LogP) is -3.58. The van der Waals surface area contributed by atoms with Crippen molar-refractivity contribution in [2.75, 3.05) is 18.9 Å². The molecule has 23 heteroatoms. The Bertz CT molecular complexity index is 1630. The van der Waals surface area contributed by atoms with Crippen LogP contribution in [0.15, 0.2) is 31.1 Å². The number of ether oxygens (including phenoxy) is 2. The second-order valence-corrected chi connectivity index (χ2v) is 12.7. The zero-order valence-corrected chi connectivity index (χ0v) is 24.0. The first kappa shape index (κ1) is 32.4. The highest BCUT2D eigenvalue weighted by Crippen LogP contribution is 2.58. The number of carbonyl (C=O) groups excluding carboxylic acids is 1. The van der Waals surface area contributed by atoms with Gasteiger partial charge in [0.05, 0.1) is 19.5 Å². The van der Waals surface area contributed by atoms with Gasteiger partial charge in [0, 0.05) is 5.56 Å². The standard InChI is InChI=1S/C21H27N7O14P2/c22-18-12-20(26-6-25-18)28(7-27-12)21-16(32)14(30)11(41-21)5-39-44(36,37)42-43(34,35)38-4-10-13(29)15(31)17(40-10)8-1-9(19(23)33)3-24-2-8/h1-3,6-7,10-11,13-17,21,29-32H,4-5H2,(H2,23,33)(H,34,35)(H,36,37)(H2,22,25,26). The Hall–Kier alpha value is -3.01. The van der Waals surface area contributed by atoms with Crippen LogP contribution in [0.25, 0.3) is 11.2 Å². The van der Waals surface area contributed by atoms with E-state index in [-0.39, 0.29) is 28.1 Å². The number of imidazole rings is 1. The molecule has 44 heavy (non-hydrogen) atoms. The fourth-order valence-corrected chi connectivity index (χ4v) is 6.67. The molecule has 0 saturated carbocycles. The van der Waals surface area contributed by atoms with Gasteiger partial charge in [0.1, 0.15) is 60.1 Å². The summed E-state index contributed by atoms with van der Waals surface area (Å²) in [7, 11) is -11.0. The minimum atomic E-state index is -5.62. The summed E-state index contributed by atoms with van der Waals surface area (Å²) in [6, 6.07) is 1.29. The summed E-state index contributed by atoms with van der Waals surface area (Å²) in [5.74, 6) is -0.739. The van der Waals surface area contributed by atoms with Gasteiger partial charge in [-0.25, -0.2) is 28.8 Å². The fraction of sp³-hybridized carbons (Fsp3) is 0.476. The van der Waals surface area contributed by atoms with E-state index in [2.05, 4.69) is 33.3 Å². The third-order valence-corrected chi connectivity index (χ3v) is 9.35. The van der Waals surface area contributed by atoms with Gasteiger partial charge in [-0.3, -0.25) is 18.5 Å². The van der Waals surface area contributed by atoms with Gasteiger partial charge in [-0.2, -0.15) is 0 Å². The first-order chi connectivity index (χ1) is 20.7. The number of nitrogens with zero attached hydrogens (tertiary/aromatic N) is 4. The molecule has 0 bridgehead atoms. The van der Waals surface area contributed by atoms with Crippen molar-refractivity contribution in [1.82, 2.24) is 19.5 Å². The molecular formula is C21H27N7O14P2. The summed E-state index contributed by atoms with van der Waals surface area (Å²) >= 11 is 0. The second-order valence-electron chi connectivity index (χ2n) is 9.71. The van der Waals surface area contributed by atoms with Gasteiger partial charge in [-0.15, -0.1) is 0 Å². The van der Waals surface area contributed by atoms with Gasteiger partial charge >= 0.3 is 7.82 Å². The number of phosphoric ester groups is 2. The molecule has 10 atom stereocenters. The monoisotopic (exact) mass is 663 g/mol. The van der Waals surface area contributed by atoms with Gasteiger partial charge in [0.2, 0.25) is 0 Å². The summed E-state index contributed by atoms with van der Waals surface area (Å²) in [6.07, 6.45) is -6.96. The summed E-state index contributed by atoms with van der Waals surface area (Å²) in [6.45, 7) is -1.88. The first-order valence-electron chi connectivity index (χ1n) is 12.6. The molecule has 2 saturated heterocycles. The zero-order valence-electron chi connectivity index (χ0n) is 22.2. The summed E-state index contributed by atoms with van der Waals surface area (Å²) in [5, 5.41) is 41.6. The largest absolute Gasteiger partial charge is 0.756 e. The van der Waals surface area contributed by atoms with Crippen molar-refractivity contribution in [1.29, 1.82) is 0 Å². The van der Waals surface area contributed by atoms with Crippen molar-refractivity contribution < 1.29 is 72.0 Å². The smallest absolute Gasteiger partial charge is 0.478 e. The van der Waals surface area contributed by atoms with Crippen LogP contribution in [-0.4, -0.2) is 101 Å². The highest BCUT2D eigenvalue weighted by atomic mass is 31.3. The molecule has 0 aromatic carbocycles. The third kappa shape index (κ3) is 6.65. The van der Waals surface area contributed by atoms with E-state index in [0.717, 1.165) is 6.33 Å². The molecule has 2 fully saturated rings. The lowest BCUT2D eigenvalue weighted by Crippen LogP contribution is -2.34. The molecule has 5 heterocycles. The van der Waals surface area contributed by atoms with Gasteiger partial charge in [0.25, 0.3) is 13.7 Å². The number of fused-ring (bicyclic) bond motifs is 1. The zero-order chi connectivity index (χ0) is 32.0. The Labute approximate surface area is 246 Å². The molecule has 2 aliphatic rings. The minimum Gasteiger partial charge on any atom is -0.756 e. The number of rotatable bonds is 11.